The minimum absolute atomic E-state index is 0.118. The summed E-state index contributed by atoms with van der Waals surface area (Å²) >= 11 is 19.5. The molecule has 5 heterocycles. The van der Waals surface area contributed by atoms with Crippen LogP contribution in [0, 0.1) is 11.3 Å². The quantitative estimate of drug-likeness (QED) is 0.498. The van der Waals surface area contributed by atoms with Gasteiger partial charge in [0.15, 0.2) is 0 Å². The number of aromatic nitrogens is 2. The van der Waals surface area contributed by atoms with Gasteiger partial charge in [0.05, 0.1) is 44.7 Å². The van der Waals surface area contributed by atoms with E-state index in [1.54, 1.807) is 18.6 Å². The molecule has 3 aliphatic heterocycles. The van der Waals surface area contributed by atoms with E-state index in [2.05, 4.69) is 32.9 Å². The van der Waals surface area contributed by atoms with Gasteiger partial charge in [0.2, 0.25) is 0 Å². The summed E-state index contributed by atoms with van der Waals surface area (Å²) in [7, 11) is -0.868. The maximum atomic E-state index is 11.6. The Labute approximate surface area is 235 Å². The molecule has 2 aromatic heterocycles. The molecule has 0 bridgehead atoms. The number of ether oxygens (including phenoxy) is 1. The van der Waals surface area contributed by atoms with Crippen molar-refractivity contribution >= 4 is 51.6 Å². The van der Waals surface area contributed by atoms with Crippen molar-refractivity contribution in [3.05, 3.63) is 51.9 Å². The van der Waals surface area contributed by atoms with Gasteiger partial charge in [-0.05, 0) is 37.3 Å². The van der Waals surface area contributed by atoms with Crippen molar-refractivity contribution in [2.45, 2.75) is 49.4 Å². The number of anilines is 1. The third kappa shape index (κ3) is 4.91. The summed E-state index contributed by atoms with van der Waals surface area (Å²) in [5.41, 5.74) is 9.11. The lowest BCUT2D eigenvalue weighted by Crippen LogP contribution is -2.72. The van der Waals surface area contributed by atoms with E-state index in [0.29, 0.717) is 16.0 Å². The monoisotopic (exact) mass is 584 g/mol. The van der Waals surface area contributed by atoms with E-state index >= 15 is 0 Å². The van der Waals surface area contributed by atoms with Crippen molar-refractivity contribution in [2.24, 2.45) is 11.3 Å². The SMILES string of the molecule is C[C@@H](OC1CC2C(CC1Cl)NNC2c1ccc(N2CC3(C2)CN(S(C)=O)C3)nc1)c1c(Cl)cncc1Cl. The second kappa shape index (κ2) is 10.2. The van der Waals surface area contributed by atoms with E-state index in [4.69, 9.17) is 44.5 Å². The number of fused-ring (bicyclic) bond motifs is 1. The molecule has 3 saturated heterocycles. The Morgan fingerprint density at radius 1 is 1.11 bits per heavy atom. The topological polar surface area (TPSA) is 82.6 Å². The summed E-state index contributed by atoms with van der Waals surface area (Å²) in [4.78, 5) is 11.1. The molecule has 2 N–H and O–H groups in total. The first-order valence-electron chi connectivity index (χ1n) is 12.6. The van der Waals surface area contributed by atoms with E-state index in [1.807, 2.05) is 17.4 Å². The second-order valence-electron chi connectivity index (χ2n) is 10.9. The molecular weight excluding hydrogens is 555 g/mol. The lowest BCUT2D eigenvalue weighted by Gasteiger charge is -2.59. The van der Waals surface area contributed by atoms with Gasteiger partial charge in [-0.15, -0.1) is 11.6 Å². The van der Waals surface area contributed by atoms with Crippen LogP contribution in [-0.2, 0) is 15.7 Å². The van der Waals surface area contributed by atoms with Crippen LogP contribution in [-0.4, -0.2) is 68.4 Å². The van der Waals surface area contributed by atoms with Crippen molar-refractivity contribution in [3.8, 4) is 0 Å². The molecule has 2 aromatic rings. The highest BCUT2D eigenvalue weighted by molar-refractivity contribution is 7.81. The fraction of sp³-hybridized carbons (Fsp3) is 0.600. The van der Waals surface area contributed by atoms with E-state index < -0.39 is 11.0 Å². The lowest BCUT2D eigenvalue weighted by molar-refractivity contribution is -0.0343. The summed E-state index contributed by atoms with van der Waals surface area (Å²) in [5.74, 6) is 1.31. The van der Waals surface area contributed by atoms with Gasteiger partial charge in [0.1, 0.15) is 5.82 Å². The zero-order valence-electron chi connectivity index (χ0n) is 20.7. The molecule has 1 aliphatic carbocycles. The standard InChI is InChI=1S/C25H31Cl3N6O2S/c1-14(23-18(27)8-29-9-19(23)28)36-21-5-16-20(6-17(21)26)31-32-24(16)15-3-4-22(30-7-15)33-10-25(11-33)12-34(13-25)37(2)35/h3-4,7-9,14,16-17,20-21,24,31-32H,5-6,10-13H2,1-2H3/t14-,16?,17?,20?,21?,24?,37?/m1/s1. The largest absolute Gasteiger partial charge is 0.369 e. The average Bonchev–Trinajstić information content (AvgIpc) is 3.20. The molecule has 12 heteroatoms. The summed E-state index contributed by atoms with van der Waals surface area (Å²) in [6, 6.07) is 4.66. The molecule has 4 aliphatic rings. The van der Waals surface area contributed by atoms with Crippen LogP contribution in [0.25, 0.3) is 0 Å². The first-order valence-corrected chi connectivity index (χ1v) is 15.3. The number of nitrogens with zero attached hydrogens (tertiary/aromatic N) is 4. The highest BCUT2D eigenvalue weighted by atomic mass is 35.5. The Morgan fingerprint density at radius 2 is 1.84 bits per heavy atom. The maximum absolute atomic E-state index is 11.6. The van der Waals surface area contributed by atoms with Crippen LogP contribution in [0.2, 0.25) is 10.0 Å². The van der Waals surface area contributed by atoms with Crippen LogP contribution in [0.5, 0.6) is 0 Å². The number of pyridine rings is 2. The number of alkyl halides is 1. The lowest BCUT2D eigenvalue weighted by atomic mass is 9.74. The van der Waals surface area contributed by atoms with Crippen LogP contribution in [0.4, 0.5) is 5.82 Å². The molecule has 0 radical (unpaired) electrons. The Bertz CT molecular complexity index is 1160. The molecule has 6 rings (SSSR count). The molecular formula is C25H31Cl3N6O2S. The van der Waals surface area contributed by atoms with Crippen LogP contribution < -0.4 is 15.8 Å². The highest BCUT2D eigenvalue weighted by Crippen LogP contribution is 2.44. The van der Waals surface area contributed by atoms with Gasteiger partial charge in [-0.1, -0.05) is 29.3 Å². The summed E-state index contributed by atoms with van der Waals surface area (Å²) < 4.78 is 20.1. The fourth-order valence-corrected chi connectivity index (χ4v) is 8.31. The number of hydrazine groups is 1. The number of halogens is 3. The van der Waals surface area contributed by atoms with E-state index in [1.165, 1.54) is 0 Å². The van der Waals surface area contributed by atoms with Crippen LogP contribution >= 0.6 is 34.8 Å². The van der Waals surface area contributed by atoms with Crippen molar-refractivity contribution < 1.29 is 8.95 Å². The summed E-state index contributed by atoms with van der Waals surface area (Å²) in [6.45, 7) is 5.72. The van der Waals surface area contributed by atoms with Crippen molar-refractivity contribution in [3.63, 3.8) is 0 Å². The summed E-state index contributed by atoms with van der Waals surface area (Å²) in [6.07, 6.45) is 8.08. The third-order valence-electron chi connectivity index (χ3n) is 8.33. The Balaban J connectivity index is 1.09. The van der Waals surface area contributed by atoms with Crippen LogP contribution in [0.1, 0.15) is 43.0 Å². The van der Waals surface area contributed by atoms with Gasteiger partial charge < -0.3 is 9.64 Å². The first kappa shape index (κ1) is 26.2. The number of hydrogen-bond donors (Lipinski definition) is 2. The molecule has 6 unspecified atom stereocenters. The second-order valence-corrected chi connectivity index (χ2v) is 13.6. The zero-order valence-corrected chi connectivity index (χ0v) is 23.8. The molecule has 200 valence electrons. The first-order chi connectivity index (χ1) is 17.7. The third-order valence-corrected chi connectivity index (χ3v) is 10.4. The van der Waals surface area contributed by atoms with Crippen LogP contribution in [0.3, 0.4) is 0 Å². The molecule has 4 fully saturated rings. The average molecular weight is 586 g/mol. The molecule has 0 amide bonds. The molecule has 7 atom stereocenters. The maximum Gasteiger partial charge on any atom is 0.128 e. The Hall–Kier alpha value is -1.04. The molecule has 37 heavy (non-hydrogen) atoms. The van der Waals surface area contributed by atoms with Gasteiger partial charge in [-0.3, -0.25) is 10.4 Å². The Kier molecular flexibility index (Phi) is 7.20. The number of rotatable bonds is 6. The predicted molar refractivity (Wildman–Crippen MR) is 147 cm³/mol. The molecule has 8 nitrogen and oxygen atoms in total. The van der Waals surface area contributed by atoms with Gasteiger partial charge in [-0.25, -0.2) is 18.9 Å². The van der Waals surface area contributed by atoms with Gasteiger partial charge in [0, 0.05) is 68.0 Å². The molecule has 1 saturated carbocycles. The molecule has 1 spiro atoms. The fourth-order valence-electron chi connectivity index (χ4n) is 6.38. The van der Waals surface area contributed by atoms with Gasteiger partial charge in [-0.2, -0.15) is 0 Å². The summed E-state index contributed by atoms with van der Waals surface area (Å²) in [5, 5.41) is 0.871. The zero-order chi connectivity index (χ0) is 25.9. The van der Waals surface area contributed by atoms with Crippen molar-refractivity contribution in [2.75, 3.05) is 37.3 Å². The van der Waals surface area contributed by atoms with Crippen molar-refractivity contribution in [1.82, 2.24) is 25.1 Å². The number of nitrogens with one attached hydrogen (secondary N) is 2. The van der Waals surface area contributed by atoms with E-state index in [0.717, 1.165) is 56.0 Å². The van der Waals surface area contributed by atoms with E-state index in [9.17, 15) is 4.21 Å². The minimum Gasteiger partial charge on any atom is -0.369 e. The minimum atomic E-state index is -0.868. The van der Waals surface area contributed by atoms with Gasteiger partial charge >= 0.3 is 0 Å². The van der Waals surface area contributed by atoms with Gasteiger partial charge in [0.25, 0.3) is 0 Å². The predicted octanol–water partition coefficient (Wildman–Crippen LogP) is 3.88. The molecule has 0 aromatic carbocycles. The smallest absolute Gasteiger partial charge is 0.128 e. The Morgan fingerprint density at radius 3 is 2.49 bits per heavy atom. The normalized spacial score (nSPS) is 32.5. The van der Waals surface area contributed by atoms with Crippen LogP contribution in [0.15, 0.2) is 30.7 Å². The van der Waals surface area contributed by atoms with Crippen molar-refractivity contribution in [1.29, 1.82) is 0 Å². The highest BCUT2D eigenvalue weighted by Gasteiger charge is 2.53. The number of hydrogen-bond acceptors (Lipinski definition) is 7. The van der Waals surface area contributed by atoms with E-state index in [-0.39, 0.29) is 35.1 Å².